The maximum absolute atomic E-state index is 6.29. The molecule has 0 atom stereocenters. The summed E-state index contributed by atoms with van der Waals surface area (Å²) in [6.07, 6.45) is 3.20. The first-order valence-electron chi connectivity index (χ1n) is 13.1. The van der Waals surface area contributed by atoms with Crippen molar-refractivity contribution in [2.75, 3.05) is 30.3 Å². The Kier molecular flexibility index (Phi) is 10.4. The van der Waals surface area contributed by atoms with Gasteiger partial charge in [0.25, 0.3) is 0 Å². The van der Waals surface area contributed by atoms with Gasteiger partial charge in [-0.05, 0) is 82.2 Å². The lowest BCUT2D eigenvalue weighted by Crippen LogP contribution is -2.09. The molecule has 0 fully saturated rings. The second-order valence-electron chi connectivity index (χ2n) is 9.02. The van der Waals surface area contributed by atoms with Gasteiger partial charge in [-0.3, -0.25) is 0 Å². The summed E-state index contributed by atoms with van der Waals surface area (Å²) in [5.74, 6) is 3.31. The van der Waals surface area contributed by atoms with Crippen LogP contribution in [0.2, 0.25) is 10.0 Å². The molecule has 14 heteroatoms. The van der Waals surface area contributed by atoms with Crippen LogP contribution >= 0.6 is 39.1 Å². The van der Waals surface area contributed by atoms with Crippen LogP contribution in [0.5, 0.6) is 17.2 Å². The number of methoxy groups -OCH3 is 2. The lowest BCUT2D eigenvalue weighted by molar-refractivity contribution is 0.282. The monoisotopic (exact) mass is 697 g/mol. The van der Waals surface area contributed by atoms with Crippen molar-refractivity contribution in [2.24, 2.45) is 5.10 Å². The van der Waals surface area contributed by atoms with Crippen molar-refractivity contribution >= 4 is 68.9 Å². The van der Waals surface area contributed by atoms with E-state index in [1.54, 1.807) is 44.9 Å². The highest BCUT2D eigenvalue weighted by Gasteiger charge is 2.13. The van der Waals surface area contributed by atoms with E-state index in [-0.39, 0.29) is 12.6 Å². The van der Waals surface area contributed by atoms with Crippen molar-refractivity contribution in [2.45, 2.75) is 13.2 Å². The van der Waals surface area contributed by atoms with Crippen LogP contribution in [0, 0.1) is 0 Å². The molecule has 3 N–H and O–H groups in total. The molecule has 0 aliphatic rings. The molecule has 0 aliphatic carbocycles. The largest absolute Gasteiger partial charge is 0.497 e. The van der Waals surface area contributed by atoms with Gasteiger partial charge >= 0.3 is 0 Å². The van der Waals surface area contributed by atoms with Crippen LogP contribution in [0.25, 0.3) is 0 Å². The van der Waals surface area contributed by atoms with Crippen molar-refractivity contribution in [3.05, 3.63) is 104 Å². The minimum Gasteiger partial charge on any atom is -0.497 e. The highest BCUT2D eigenvalue weighted by molar-refractivity contribution is 9.10. The average molecular weight is 699 g/mol. The third-order valence-corrected chi connectivity index (χ3v) is 7.18. The molecule has 5 aromatic rings. The van der Waals surface area contributed by atoms with Crippen LogP contribution in [-0.2, 0) is 13.2 Å². The van der Waals surface area contributed by atoms with Crippen LogP contribution in [0.3, 0.4) is 0 Å². The Labute approximate surface area is 271 Å². The summed E-state index contributed by atoms with van der Waals surface area (Å²) >= 11 is 15.9. The highest BCUT2D eigenvalue weighted by Crippen LogP contribution is 2.37. The Hall–Kier alpha value is -4.52. The van der Waals surface area contributed by atoms with Gasteiger partial charge in [-0.1, -0.05) is 29.3 Å². The van der Waals surface area contributed by atoms with Gasteiger partial charge in [0.15, 0.2) is 11.5 Å². The molecule has 5 rings (SSSR count). The van der Waals surface area contributed by atoms with Crippen molar-refractivity contribution in [3.63, 3.8) is 0 Å². The van der Waals surface area contributed by atoms with Crippen molar-refractivity contribution in [3.8, 4) is 17.2 Å². The molecule has 3 aromatic carbocycles. The van der Waals surface area contributed by atoms with Gasteiger partial charge in [0.2, 0.25) is 17.8 Å². The molecule has 44 heavy (non-hydrogen) atoms. The van der Waals surface area contributed by atoms with Gasteiger partial charge in [0.05, 0.1) is 37.7 Å². The number of ether oxygens (including phenoxy) is 3. The number of nitrogens with zero attached hydrogens (tertiary/aromatic N) is 4. The number of nitrogens with one attached hydrogen (secondary N) is 3. The zero-order valence-electron chi connectivity index (χ0n) is 23.5. The Morgan fingerprint density at radius 2 is 1.73 bits per heavy atom. The second-order valence-corrected chi connectivity index (χ2v) is 10.7. The molecule has 0 amide bonds. The maximum Gasteiger partial charge on any atom is 0.250 e. The number of hydrogen-bond acceptors (Lipinski definition) is 11. The predicted octanol–water partition coefficient (Wildman–Crippen LogP) is 7.93. The molecule has 0 unspecified atom stereocenters. The molecule has 226 valence electrons. The highest BCUT2D eigenvalue weighted by atomic mass is 79.9. The number of halogens is 3. The van der Waals surface area contributed by atoms with E-state index < -0.39 is 0 Å². The van der Waals surface area contributed by atoms with E-state index in [9.17, 15) is 0 Å². The van der Waals surface area contributed by atoms with Crippen LogP contribution < -0.4 is 30.3 Å². The fourth-order valence-corrected chi connectivity index (χ4v) is 4.89. The topological polar surface area (TPSA) is 128 Å². The summed E-state index contributed by atoms with van der Waals surface area (Å²) in [7, 11) is 3.17. The zero-order chi connectivity index (χ0) is 30.9. The Morgan fingerprint density at radius 1 is 0.932 bits per heavy atom. The predicted molar refractivity (Wildman–Crippen MR) is 175 cm³/mol. The van der Waals surface area contributed by atoms with Crippen LogP contribution in [0.15, 0.2) is 87.0 Å². The Morgan fingerprint density at radius 3 is 2.45 bits per heavy atom. The summed E-state index contributed by atoms with van der Waals surface area (Å²) in [5, 5.41) is 11.7. The Balaban J connectivity index is 1.31. The summed E-state index contributed by atoms with van der Waals surface area (Å²) in [4.78, 5) is 13.4. The van der Waals surface area contributed by atoms with Crippen molar-refractivity contribution in [1.29, 1.82) is 0 Å². The quantitative estimate of drug-likeness (QED) is 0.0824. The second kappa shape index (κ2) is 14.8. The first-order chi connectivity index (χ1) is 21.4. The van der Waals surface area contributed by atoms with Gasteiger partial charge in [-0.25, -0.2) is 5.43 Å². The molecule has 0 radical (unpaired) electrons. The van der Waals surface area contributed by atoms with Gasteiger partial charge in [0, 0.05) is 21.3 Å². The lowest BCUT2D eigenvalue weighted by atomic mass is 10.2. The number of rotatable bonds is 13. The van der Waals surface area contributed by atoms with Crippen LogP contribution in [0.4, 0.5) is 23.5 Å². The fourth-order valence-electron chi connectivity index (χ4n) is 3.85. The minimum atomic E-state index is 0.208. The third kappa shape index (κ3) is 8.31. The molecule has 0 bridgehead atoms. The molecular weight excluding hydrogens is 673 g/mol. The number of benzene rings is 3. The summed E-state index contributed by atoms with van der Waals surface area (Å²) in [5.41, 5.74) is 5.15. The average Bonchev–Trinajstić information content (AvgIpc) is 3.54. The van der Waals surface area contributed by atoms with Gasteiger partial charge < -0.3 is 29.3 Å². The molecular formula is C30H26BrCl2N7O4. The fraction of sp³-hybridized carbons (Fsp3) is 0.133. The van der Waals surface area contributed by atoms with E-state index >= 15 is 0 Å². The van der Waals surface area contributed by atoms with E-state index in [2.05, 4.69) is 52.0 Å². The molecule has 2 heterocycles. The Bertz CT molecular complexity index is 1740. The van der Waals surface area contributed by atoms with Gasteiger partial charge in [0.1, 0.15) is 18.1 Å². The summed E-state index contributed by atoms with van der Waals surface area (Å²) in [6.45, 7) is 0.608. The number of hydrogen-bond donors (Lipinski definition) is 3. The molecule has 0 aliphatic heterocycles. The van der Waals surface area contributed by atoms with Gasteiger partial charge in [-0.15, -0.1) is 0 Å². The number of aromatic nitrogens is 3. The van der Waals surface area contributed by atoms with E-state index in [0.717, 1.165) is 28.3 Å². The van der Waals surface area contributed by atoms with E-state index in [1.165, 1.54) is 0 Å². The van der Waals surface area contributed by atoms with Crippen LogP contribution in [0.1, 0.15) is 16.9 Å². The normalized spacial score (nSPS) is 10.9. The number of furan rings is 1. The molecule has 0 saturated heterocycles. The van der Waals surface area contributed by atoms with E-state index in [4.69, 9.17) is 41.8 Å². The first-order valence-corrected chi connectivity index (χ1v) is 14.6. The molecule has 0 saturated carbocycles. The standard InChI is InChI=1S/C30H26BrCl2N7O4/c1-41-22-9-7-21(8-10-22)36-29-37-28(34-16-23-4-3-11-43-23)38-30(39-29)40-35-15-18-12-24(31)27(26(13-18)42-2)44-17-19-5-6-20(32)14-25(19)33/h3-15H,16-17H2,1-2H3,(H3,34,36,37,38,39,40)/b35-15-. The first kappa shape index (κ1) is 30.9. The van der Waals surface area contributed by atoms with Gasteiger partial charge in [-0.2, -0.15) is 20.1 Å². The van der Waals surface area contributed by atoms with Crippen LogP contribution in [-0.4, -0.2) is 35.4 Å². The minimum absolute atomic E-state index is 0.208. The lowest BCUT2D eigenvalue weighted by Gasteiger charge is -2.14. The number of hydrazone groups is 1. The summed E-state index contributed by atoms with van der Waals surface area (Å²) < 4.78 is 22.9. The molecule has 0 spiro atoms. The SMILES string of the molecule is COc1ccc(Nc2nc(NCc3ccco3)nc(N/N=C\c3cc(Br)c(OCc4ccc(Cl)cc4Cl)c(OC)c3)n2)cc1. The number of anilines is 4. The van der Waals surface area contributed by atoms with E-state index in [1.807, 2.05) is 48.5 Å². The summed E-state index contributed by atoms with van der Waals surface area (Å²) in [6, 6.07) is 19.9. The van der Waals surface area contributed by atoms with E-state index in [0.29, 0.717) is 44.5 Å². The van der Waals surface area contributed by atoms with Crippen molar-refractivity contribution in [1.82, 2.24) is 15.0 Å². The molecule has 11 nitrogen and oxygen atoms in total. The maximum atomic E-state index is 6.29. The zero-order valence-corrected chi connectivity index (χ0v) is 26.6. The third-order valence-electron chi connectivity index (χ3n) is 6.00. The van der Waals surface area contributed by atoms with Crippen molar-refractivity contribution < 1.29 is 18.6 Å². The molecule has 2 aromatic heterocycles. The smallest absolute Gasteiger partial charge is 0.250 e.